The van der Waals surface area contributed by atoms with Crippen molar-refractivity contribution < 1.29 is 0 Å². The Morgan fingerprint density at radius 3 is 2.29 bits per heavy atom. The Labute approximate surface area is 50.9 Å². The number of hydrogen-bond donors (Lipinski definition) is 0. The molecule has 0 heterocycles. The Morgan fingerprint density at radius 1 is 1.57 bits per heavy atom. The van der Waals surface area contributed by atoms with Gasteiger partial charge in [0.1, 0.15) is 0 Å². The van der Waals surface area contributed by atoms with E-state index in [2.05, 4.69) is 13.8 Å². The van der Waals surface area contributed by atoms with Crippen molar-refractivity contribution in [3.05, 3.63) is 5.92 Å². The van der Waals surface area contributed by atoms with E-state index in [1.165, 1.54) is 12.3 Å². The zero-order valence-corrected chi connectivity index (χ0v) is 5.76. The smallest absolute Gasteiger partial charge is 0.0228 e. The van der Waals surface area contributed by atoms with E-state index < -0.39 is 0 Å². The second kappa shape index (κ2) is 4.45. The highest BCUT2D eigenvalue weighted by Gasteiger charge is 1.94. The first-order valence-corrected chi connectivity index (χ1v) is 3.22. The summed E-state index contributed by atoms with van der Waals surface area (Å²) in [5.74, 6) is 2.27. The quantitative estimate of drug-likeness (QED) is 0.501. The Hall–Kier alpha value is 0.290. The van der Waals surface area contributed by atoms with Crippen LogP contribution >= 0.6 is 11.6 Å². The lowest BCUT2D eigenvalue weighted by molar-refractivity contribution is 0.823. The van der Waals surface area contributed by atoms with Crippen molar-refractivity contribution in [2.24, 2.45) is 0 Å². The second-order valence-corrected chi connectivity index (χ2v) is 2.13. The van der Waals surface area contributed by atoms with Crippen molar-refractivity contribution in [3.8, 4) is 0 Å². The van der Waals surface area contributed by atoms with E-state index in [-0.39, 0.29) is 0 Å². The molecule has 0 saturated heterocycles. The van der Waals surface area contributed by atoms with Crippen LogP contribution in [0.4, 0.5) is 0 Å². The average Bonchev–Trinajstić information content (AvgIpc) is 1.68. The van der Waals surface area contributed by atoms with E-state index in [9.17, 15) is 0 Å². The molecule has 7 heavy (non-hydrogen) atoms. The third-order valence-electron chi connectivity index (χ3n) is 1.12. The monoisotopic (exact) mass is 119 g/mol. The molecule has 0 rings (SSSR count). The van der Waals surface area contributed by atoms with E-state index in [1.807, 2.05) is 0 Å². The SMILES string of the molecule is CC[C](C)CCCl. The molecule has 0 aliphatic carbocycles. The van der Waals surface area contributed by atoms with Crippen molar-refractivity contribution in [1.82, 2.24) is 0 Å². The van der Waals surface area contributed by atoms with Crippen LogP contribution in [0.15, 0.2) is 0 Å². The van der Waals surface area contributed by atoms with Gasteiger partial charge in [0.15, 0.2) is 0 Å². The van der Waals surface area contributed by atoms with Crippen LogP contribution in [0.3, 0.4) is 0 Å². The molecule has 0 aromatic carbocycles. The first-order valence-electron chi connectivity index (χ1n) is 2.68. The van der Waals surface area contributed by atoms with Gasteiger partial charge in [-0.1, -0.05) is 20.3 Å². The highest BCUT2D eigenvalue weighted by molar-refractivity contribution is 6.17. The summed E-state index contributed by atoms with van der Waals surface area (Å²) in [6.45, 7) is 4.30. The molecule has 0 amide bonds. The molecule has 0 fully saturated rings. The normalized spacial score (nSPS) is 10.3. The summed E-state index contributed by atoms with van der Waals surface area (Å²) in [5, 5.41) is 0. The van der Waals surface area contributed by atoms with Crippen LogP contribution in [-0.4, -0.2) is 5.88 Å². The fourth-order valence-electron chi connectivity index (χ4n) is 0.338. The standard InChI is InChI=1S/C6H12Cl/c1-3-6(2)4-5-7/h3-5H2,1-2H3. The van der Waals surface area contributed by atoms with E-state index in [4.69, 9.17) is 11.6 Å². The molecule has 0 aromatic rings. The molecule has 0 aliphatic heterocycles. The van der Waals surface area contributed by atoms with Crippen molar-refractivity contribution in [2.75, 3.05) is 5.88 Å². The molecule has 0 saturated carbocycles. The van der Waals surface area contributed by atoms with Gasteiger partial charge in [0.05, 0.1) is 0 Å². The summed E-state index contributed by atoms with van der Waals surface area (Å²) in [4.78, 5) is 0. The molecule has 0 aliphatic rings. The highest BCUT2D eigenvalue weighted by atomic mass is 35.5. The van der Waals surface area contributed by atoms with E-state index in [0.29, 0.717) is 0 Å². The third-order valence-corrected chi connectivity index (χ3v) is 1.31. The zero-order valence-electron chi connectivity index (χ0n) is 5.00. The lowest BCUT2D eigenvalue weighted by atomic mass is 10.1. The maximum absolute atomic E-state index is 5.45. The minimum atomic E-state index is 0.777. The maximum Gasteiger partial charge on any atom is 0.0228 e. The van der Waals surface area contributed by atoms with Crippen molar-refractivity contribution >= 4 is 11.6 Å². The van der Waals surface area contributed by atoms with Crippen LogP contribution in [0.2, 0.25) is 0 Å². The number of alkyl halides is 1. The predicted molar refractivity (Wildman–Crippen MR) is 34.5 cm³/mol. The zero-order chi connectivity index (χ0) is 5.70. The van der Waals surface area contributed by atoms with Gasteiger partial charge in [-0.25, -0.2) is 0 Å². The molecule has 0 N–H and O–H groups in total. The van der Waals surface area contributed by atoms with Gasteiger partial charge >= 0.3 is 0 Å². The Kier molecular flexibility index (Phi) is 4.63. The van der Waals surface area contributed by atoms with Crippen LogP contribution in [0.5, 0.6) is 0 Å². The minimum Gasteiger partial charge on any atom is -0.127 e. The van der Waals surface area contributed by atoms with E-state index >= 15 is 0 Å². The van der Waals surface area contributed by atoms with E-state index in [1.54, 1.807) is 0 Å². The lowest BCUT2D eigenvalue weighted by Crippen LogP contribution is -1.87. The van der Waals surface area contributed by atoms with Gasteiger partial charge in [0.2, 0.25) is 0 Å². The van der Waals surface area contributed by atoms with Crippen LogP contribution in [0.1, 0.15) is 26.7 Å². The Bertz CT molecular complexity index is 35.2. The van der Waals surface area contributed by atoms with Crippen LogP contribution in [0, 0.1) is 5.92 Å². The Morgan fingerprint density at radius 2 is 2.14 bits per heavy atom. The maximum atomic E-state index is 5.45. The third kappa shape index (κ3) is 4.14. The van der Waals surface area contributed by atoms with Gasteiger partial charge < -0.3 is 0 Å². The molecule has 1 radical (unpaired) electrons. The summed E-state index contributed by atoms with van der Waals surface area (Å²) in [6.07, 6.45) is 2.25. The molecular weight excluding hydrogens is 108 g/mol. The summed E-state index contributed by atoms with van der Waals surface area (Å²) in [7, 11) is 0. The largest absolute Gasteiger partial charge is 0.127 e. The summed E-state index contributed by atoms with van der Waals surface area (Å²) >= 11 is 5.45. The molecule has 43 valence electrons. The van der Waals surface area contributed by atoms with Gasteiger partial charge in [-0.2, -0.15) is 0 Å². The van der Waals surface area contributed by atoms with Gasteiger partial charge in [-0.15, -0.1) is 11.6 Å². The van der Waals surface area contributed by atoms with Gasteiger partial charge in [0, 0.05) is 5.88 Å². The first-order chi connectivity index (χ1) is 3.31. The summed E-state index contributed by atoms with van der Waals surface area (Å²) < 4.78 is 0. The molecule has 0 unspecified atom stereocenters. The molecule has 0 nitrogen and oxygen atoms in total. The molecular formula is C6H12Cl. The van der Waals surface area contributed by atoms with Crippen molar-refractivity contribution in [3.63, 3.8) is 0 Å². The fourth-order valence-corrected chi connectivity index (χ4v) is 0.661. The van der Waals surface area contributed by atoms with Crippen LogP contribution in [0.25, 0.3) is 0 Å². The lowest BCUT2D eigenvalue weighted by Gasteiger charge is -2.00. The fraction of sp³-hybridized carbons (Fsp3) is 0.833. The molecule has 0 atom stereocenters. The first kappa shape index (κ1) is 7.29. The number of hydrogen-bond acceptors (Lipinski definition) is 0. The number of rotatable bonds is 3. The van der Waals surface area contributed by atoms with E-state index in [0.717, 1.165) is 12.3 Å². The van der Waals surface area contributed by atoms with Gasteiger partial charge in [0.25, 0.3) is 0 Å². The van der Waals surface area contributed by atoms with Gasteiger partial charge in [-0.3, -0.25) is 0 Å². The van der Waals surface area contributed by atoms with Crippen LogP contribution < -0.4 is 0 Å². The molecule has 0 aromatic heterocycles. The molecule has 0 spiro atoms. The van der Waals surface area contributed by atoms with Crippen molar-refractivity contribution in [1.29, 1.82) is 0 Å². The Balaban J connectivity index is 2.83. The topological polar surface area (TPSA) is 0 Å². The van der Waals surface area contributed by atoms with Crippen LogP contribution in [-0.2, 0) is 0 Å². The molecule has 0 bridgehead atoms. The molecule has 1 heteroatoms. The van der Waals surface area contributed by atoms with Gasteiger partial charge in [-0.05, 0) is 12.3 Å². The second-order valence-electron chi connectivity index (χ2n) is 1.75. The van der Waals surface area contributed by atoms with Crippen molar-refractivity contribution in [2.45, 2.75) is 26.7 Å². The predicted octanol–water partition coefficient (Wildman–Crippen LogP) is 2.62. The minimum absolute atomic E-state index is 0.777. The average molecular weight is 120 g/mol. The highest BCUT2D eigenvalue weighted by Crippen LogP contribution is 2.08. The summed E-state index contributed by atoms with van der Waals surface area (Å²) in [6, 6.07) is 0. The number of halogens is 1. The summed E-state index contributed by atoms with van der Waals surface area (Å²) in [5.41, 5.74) is 0.